The van der Waals surface area contributed by atoms with Gasteiger partial charge in [-0.3, -0.25) is 19.2 Å². The van der Waals surface area contributed by atoms with Crippen molar-refractivity contribution in [3.63, 3.8) is 0 Å². The first-order valence-electron chi connectivity index (χ1n) is 11.2. The SMILES string of the molecule is COc1cccc2[nH]c(C(=O)N[C@@H](CC(C)C)C(=O)N[C@@H](C[C@@H]3CCNC3=O)C(C)=O)cc12. The number of aromatic nitrogens is 1. The molecule has 1 saturated heterocycles. The summed E-state index contributed by atoms with van der Waals surface area (Å²) in [4.78, 5) is 53.2. The van der Waals surface area contributed by atoms with Crippen LogP contribution in [-0.4, -0.2) is 54.2 Å². The maximum atomic E-state index is 13.1. The lowest BCUT2D eigenvalue weighted by Crippen LogP contribution is -2.52. The van der Waals surface area contributed by atoms with Gasteiger partial charge in [0.1, 0.15) is 17.5 Å². The van der Waals surface area contributed by atoms with Gasteiger partial charge >= 0.3 is 0 Å². The van der Waals surface area contributed by atoms with Crippen LogP contribution in [0.1, 0.15) is 50.5 Å². The minimum atomic E-state index is -0.829. The molecule has 0 aliphatic carbocycles. The monoisotopic (exact) mass is 456 g/mol. The number of ether oxygens (including phenoxy) is 1. The highest BCUT2D eigenvalue weighted by Crippen LogP contribution is 2.26. The summed E-state index contributed by atoms with van der Waals surface area (Å²) < 4.78 is 5.34. The molecule has 178 valence electrons. The number of ketones is 1. The third-order valence-electron chi connectivity index (χ3n) is 5.91. The van der Waals surface area contributed by atoms with Crippen molar-refractivity contribution in [2.45, 2.75) is 52.1 Å². The van der Waals surface area contributed by atoms with E-state index in [1.54, 1.807) is 19.2 Å². The molecule has 1 aliphatic heterocycles. The number of carbonyl (C=O) groups is 4. The van der Waals surface area contributed by atoms with Crippen molar-refractivity contribution in [2.75, 3.05) is 13.7 Å². The van der Waals surface area contributed by atoms with Crippen LogP contribution < -0.4 is 20.7 Å². The molecule has 2 heterocycles. The molecule has 1 aromatic heterocycles. The molecular formula is C24H32N4O5. The summed E-state index contributed by atoms with van der Waals surface area (Å²) in [5.41, 5.74) is 1.05. The van der Waals surface area contributed by atoms with E-state index in [-0.39, 0.29) is 29.9 Å². The van der Waals surface area contributed by atoms with Gasteiger partial charge in [0, 0.05) is 23.4 Å². The Morgan fingerprint density at radius 3 is 2.55 bits per heavy atom. The Labute approximate surface area is 193 Å². The molecule has 3 rings (SSSR count). The van der Waals surface area contributed by atoms with Crippen LogP contribution >= 0.6 is 0 Å². The second kappa shape index (κ2) is 10.5. The first-order chi connectivity index (χ1) is 15.7. The predicted molar refractivity (Wildman–Crippen MR) is 124 cm³/mol. The van der Waals surface area contributed by atoms with Crippen LogP contribution in [0.4, 0.5) is 0 Å². The Kier molecular flexibility index (Phi) is 7.73. The van der Waals surface area contributed by atoms with Crippen molar-refractivity contribution in [3.05, 3.63) is 30.0 Å². The third kappa shape index (κ3) is 5.91. The highest BCUT2D eigenvalue weighted by Gasteiger charge is 2.32. The molecule has 33 heavy (non-hydrogen) atoms. The average molecular weight is 457 g/mol. The molecule has 2 aromatic rings. The maximum Gasteiger partial charge on any atom is 0.268 e. The number of aromatic amines is 1. The third-order valence-corrected chi connectivity index (χ3v) is 5.91. The summed E-state index contributed by atoms with van der Waals surface area (Å²) in [5.74, 6) is -0.733. The minimum Gasteiger partial charge on any atom is -0.496 e. The standard InChI is InChI=1S/C24H32N4O5/c1-13(2)10-19(23(31)27-18(14(3)29)11-15-8-9-25-22(15)30)28-24(32)20-12-16-17(26-20)6-5-7-21(16)33-4/h5-7,12-13,15,18-19,26H,8-11H2,1-4H3,(H,25,30)(H,27,31)(H,28,32)/t15-,18-,19-/m0/s1. The Bertz CT molecular complexity index is 1040. The van der Waals surface area contributed by atoms with Gasteiger partial charge in [0.2, 0.25) is 11.8 Å². The zero-order valence-corrected chi connectivity index (χ0v) is 19.5. The van der Waals surface area contributed by atoms with E-state index in [0.717, 1.165) is 10.9 Å². The number of methoxy groups -OCH3 is 1. The van der Waals surface area contributed by atoms with Crippen molar-refractivity contribution < 1.29 is 23.9 Å². The summed E-state index contributed by atoms with van der Waals surface area (Å²) in [6.07, 6.45) is 1.28. The maximum absolute atomic E-state index is 13.1. The highest BCUT2D eigenvalue weighted by molar-refractivity contribution is 6.01. The van der Waals surface area contributed by atoms with E-state index in [1.807, 2.05) is 26.0 Å². The van der Waals surface area contributed by atoms with Gasteiger partial charge in [0.25, 0.3) is 5.91 Å². The Morgan fingerprint density at radius 2 is 1.94 bits per heavy atom. The fourth-order valence-electron chi connectivity index (χ4n) is 4.12. The van der Waals surface area contributed by atoms with Crippen molar-refractivity contribution in [1.29, 1.82) is 0 Å². The highest BCUT2D eigenvalue weighted by atomic mass is 16.5. The van der Waals surface area contributed by atoms with Gasteiger partial charge in [-0.15, -0.1) is 0 Å². The van der Waals surface area contributed by atoms with Crippen molar-refractivity contribution in [1.82, 2.24) is 20.9 Å². The van der Waals surface area contributed by atoms with E-state index in [9.17, 15) is 19.2 Å². The van der Waals surface area contributed by atoms with Gasteiger partial charge in [0.15, 0.2) is 5.78 Å². The molecule has 0 radical (unpaired) electrons. The number of hydrogen-bond acceptors (Lipinski definition) is 5. The summed E-state index contributed by atoms with van der Waals surface area (Å²) in [6, 6.07) is 5.54. The van der Waals surface area contributed by atoms with E-state index >= 15 is 0 Å². The van der Waals surface area contributed by atoms with Gasteiger partial charge in [-0.1, -0.05) is 19.9 Å². The second-order valence-electron chi connectivity index (χ2n) is 8.94. The fraction of sp³-hybridized carbons (Fsp3) is 0.500. The number of hydrogen-bond donors (Lipinski definition) is 4. The number of Topliss-reactive ketones (excluding diaryl/α,β-unsaturated/α-hetero) is 1. The van der Waals surface area contributed by atoms with Crippen LogP contribution in [0.3, 0.4) is 0 Å². The van der Waals surface area contributed by atoms with Crippen molar-refractivity contribution in [2.24, 2.45) is 11.8 Å². The Hall–Kier alpha value is -3.36. The molecule has 9 heteroatoms. The average Bonchev–Trinajstić information content (AvgIpc) is 3.38. The van der Waals surface area contributed by atoms with Gasteiger partial charge < -0.3 is 25.7 Å². The lowest BCUT2D eigenvalue weighted by atomic mass is 9.95. The number of fused-ring (bicyclic) bond motifs is 1. The van der Waals surface area contributed by atoms with Crippen LogP contribution in [0.2, 0.25) is 0 Å². The molecule has 9 nitrogen and oxygen atoms in total. The molecule has 1 aromatic carbocycles. The summed E-state index contributed by atoms with van der Waals surface area (Å²) in [6.45, 7) is 5.87. The molecule has 1 fully saturated rings. The van der Waals surface area contributed by atoms with Crippen molar-refractivity contribution in [3.8, 4) is 5.75 Å². The number of nitrogens with one attached hydrogen (secondary N) is 4. The Morgan fingerprint density at radius 1 is 1.18 bits per heavy atom. The Balaban J connectivity index is 1.74. The zero-order chi connectivity index (χ0) is 24.1. The molecule has 3 atom stereocenters. The zero-order valence-electron chi connectivity index (χ0n) is 19.5. The normalized spacial score (nSPS) is 17.5. The largest absolute Gasteiger partial charge is 0.496 e. The van der Waals surface area contributed by atoms with Gasteiger partial charge in [-0.2, -0.15) is 0 Å². The first-order valence-corrected chi connectivity index (χ1v) is 11.2. The second-order valence-corrected chi connectivity index (χ2v) is 8.94. The van der Waals surface area contributed by atoms with Crippen LogP contribution in [0.5, 0.6) is 5.75 Å². The fourth-order valence-corrected chi connectivity index (χ4v) is 4.12. The number of benzene rings is 1. The van der Waals surface area contributed by atoms with Crippen LogP contribution in [0, 0.1) is 11.8 Å². The summed E-state index contributed by atoms with van der Waals surface area (Å²) >= 11 is 0. The molecule has 0 saturated carbocycles. The van der Waals surface area contributed by atoms with E-state index in [4.69, 9.17) is 4.74 Å². The molecule has 1 aliphatic rings. The van der Waals surface area contributed by atoms with E-state index in [1.165, 1.54) is 6.92 Å². The summed E-state index contributed by atoms with van der Waals surface area (Å²) in [7, 11) is 1.56. The van der Waals surface area contributed by atoms with Gasteiger partial charge in [-0.25, -0.2) is 0 Å². The van der Waals surface area contributed by atoms with Gasteiger partial charge in [-0.05, 0) is 50.3 Å². The minimum absolute atomic E-state index is 0.100. The van der Waals surface area contributed by atoms with E-state index < -0.39 is 23.9 Å². The lowest BCUT2D eigenvalue weighted by molar-refractivity contribution is -0.129. The van der Waals surface area contributed by atoms with Crippen LogP contribution in [0.25, 0.3) is 10.9 Å². The first kappa shape index (κ1) is 24.3. The topological polar surface area (TPSA) is 129 Å². The smallest absolute Gasteiger partial charge is 0.268 e. The lowest BCUT2D eigenvalue weighted by Gasteiger charge is -2.24. The van der Waals surface area contributed by atoms with Crippen LogP contribution in [0.15, 0.2) is 24.3 Å². The number of rotatable bonds is 10. The van der Waals surface area contributed by atoms with Gasteiger partial charge in [0.05, 0.1) is 13.2 Å². The molecule has 0 unspecified atom stereocenters. The van der Waals surface area contributed by atoms with Crippen LogP contribution in [-0.2, 0) is 14.4 Å². The van der Waals surface area contributed by atoms with E-state index in [0.29, 0.717) is 30.8 Å². The summed E-state index contributed by atoms with van der Waals surface area (Å²) in [5, 5.41) is 9.07. The number of carbonyl (C=O) groups excluding carboxylic acids is 4. The van der Waals surface area contributed by atoms with E-state index in [2.05, 4.69) is 20.9 Å². The quantitative estimate of drug-likeness (QED) is 0.434. The molecule has 0 bridgehead atoms. The molecular weight excluding hydrogens is 424 g/mol. The van der Waals surface area contributed by atoms with Crippen molar-refractivity contribution >= 4 is 34.4 Å². The predicted octanol–water partition coefficient (Wildman–Crippen LogP) is 1.92. The molecule has 0 spiro atoms. The number of H-pyrrole nitrogens is 1. The number of amides is 3. The molecule has 3 amide bonds. The molecule has 4 N–H and O–H groups in total.